The first-order valence-electron chi connectivity index (χ1n) is 7.62. The molecule has 1 saturated carbocycles. The first-order chi connectivity index (χ1) is 9.19. The summed E-state index contributed by atoms with van der Waals surface area (Å²) in [4.78, 5) is 2.56. The minimum Gasteiger partial charge on any atom is -0.317 e. The number of nitrogens with one attached hydrogen (secondary N) is 1. The molecule has 0 atom stereocenters. The van der Waals surface area contributed by atoms with E-state index in [9.17, 15) is 0 Å². The molecule has 0 heterocycles. The number of nitrogens with zero attached hydrogens (tertiary/aromatic N) is 1. The molecule has 2 rings (SSSR count). The van der Waals surface area contributed by atoms with Gasteiger partial charge >= 0.3 is 0 Å². The smallest absolute Gasteiger partial charge is 0.00934 e. The normalized spacial score (nSPS) is 23.8. The maximum absolute atomic E-state index is 3.41. The Balaban J connectivity index is 1.77. The van der Waals surface area contributed by atoms with Crippen molar-refractivity contribution in [3.05, 3.63) is 35.4 Å². The van der Waals surface area contributed by atoms with Crippen LogP contribution in [0.15, 0.2) is 24.3 Å². The number of hydrogen-bond acceptors (Lipinski definition) is 2. The monoisotopic (exact) mass is 260 g/mol. The molecule has 0 amide bonds. The fourth-order valence-corrected chi connectivity index (χ4v) is 3.16. The molecule has 0 bridgehead atoms. The largest absolute Gasteiger partial charge is 0.317 e. The average Bonchev–Trinajstić information content (AvgIpc) is 2.45. The Hall–Kier alpha value is -0.860. The maximum atomic E-state index is 3.41. The lowest BCUT2D eigenvalue weighted by Gasteiger charge is -2.34. The highest BCUT2D eigenvalue weighted by molar-refractivity contribution is 5.22. The zero-order valence-corrected chi connectivity index (χ0v) is 12.7. The average molecular weight is 260 g/mol. The Morgan fingerprint density at radius 3 is 2.58 bits per heavy atom. The van der Waals surface area contributed by atoms with Crippen molar-refractivity contribution < 1.29 is 0 Å². The van der Waals surface area contributed by atoms with Gasteiger partial charge in [0.15, 0.2) is 0 Å². The second-order valence-electron chi connectivity index (χ2n) is 6.01. The highest BCUT2D eigenvalue weighted by Gasteiger charge is 2.22. The van der Waals surface area contributed by atoms with Crippen molar-refractivity contribution in [3.8, 4) is 0 Å². The molecule has 0 radical (unpaired) electrons. The van der Waals surface area contributed by atoms with Crippen molar-refractivity contribution in [2.24, 2.45) is 0 Å². The molecule has 0 aromatic heterocycles. The van der Waals surface area contributed by atoms with Gasteiger partial charge in [-0.2, -0.15) is 0 Å². The van der Waals surface area contributed by atoms with E-state index in [2.05, 4.69) is 55.5 Å². The topological polar surface area (TPSA) is 15.3 Å². The molecule has 2 heteroatoms. The predicted molar refractivity (Wildman–Crippen MR) is 82.6 cm³/mol. The van der Waals surface area contributed by atoms with Gasteiger partial charge in [-0.1, -0.05) is 29.8 Å². The van der Waals surface area contributed by atoms with Crippen LogP contribution in [-0.4, -0.2) is 37.6 Å². The van der Waals surface area contributed by atoms with Crippen LogP contribution < -0.4 is 5.32 Å². The first kappa shape index (κ1) is 14.5. The van der Waals surface area contributed by atoms with Gasteiger partial charge in [0, 0.05) is 18.6 Å². The van der Waals surface area contributed by atoms with Crippen molar-refractivity contribution in [2.45, 2.75) is 51.1 Å². The van der Waals surface area contributed by atoms with E-state index in [1.807, 2.05) is 0 Å². The molecule has 2 nitrogen and oxygen atoms in total. The van der Waals surface area contributed by atoms with Crippen LogP contribution in [0.5, 0.6) is 0 Å². The van der Waals surface area contributed by atoms with E-state index >= 15 is 0 Å². The lowest BCUT2D eigenvalue weighted by atomic mass is 9.90. The van der Waals surface area contributed by atoms with Crippen LogP contribution in [-0.2, 0) is 6.42 Å². The third-order valence-corrected chi connectivity index (χ3v) is 4.56. The standard InChI is InChI=1S/C17H28N2/c1-14-5-4-6-15(13-14)11-12-19(3)17-9-7-16(18-2)8-10-17/h4-6,13,16-18H,7-12H2,1-3H3. The summed E-state index contributed by atoms with van der Waals surface area (Å²) in [5.74, 6) is 0. The molecule has 1 aromatic rings. The Morgan fingerprint density at radius 1 is 1.21 bits per heavy atom. The van der Waals surface area contributed by atoms with Crippen molar-refractivity contribution in [1.82, 2.24) is 10.2 Å². The third-order valence-electron chi connectivity index (χ3n) is 4.56. The zero-order chi connectivity index (χ0) is 13.7. The van der Waals surface area contributed by atoms with E-state index in [0.29, 0.717) is 0 Å². The van der Waals surface area contributed by atoms with E-state index in [-0.39, 0.29) is 0 Å². The van der Waals surface area contributed by atoms with Crippen molar-refractivity contribution in [3.63, 3.8) is 0 Å². The van der Waals surface area contributed by atoms with Gasteiger partial charge in [-0.05, 0) is 58.7 Å². The summed E-state index contributed by atoms with van der Waals surface area (Å²) in [6.45, 7) is 3.35. The summed E-state index contributed by atoms with van der Waals surface area (Å²) in [6, 6.07) is 10.4. The number of rotatable bonds is 5. The van der Waals surface area contributed by atoms with Crippen LogP contribution in [0.1, 0.15) is 36.8 Å². The summed E-state index contributed by atoms with van der Waals surface area (Å²) in [5, 5.41) is 3.41. The van der Waals surface area contributed by atoms with Gasteiger partial charge in [0.1, 0.15) is 0 Å². The quantitative estimate of drug-likeness (QED) is 0.875. The van der Waals surface area contributed by atoms with Crippen LogP contribution >= 0.6 is 0 Å². The molecular formula is C17H28N2. The number of hydrogen-bond donors (Lipinski definition) is 1. The summed E-state index contributed by atoms with van der Waals surface area (Å²) >= 11 is 0. The SMILES string of the molecule is CNC1CCC(N(C)CCc2cccc(C)c2)CC1. The molecule has 0 spiro atoms. The van der Waals surface area contributed by atoms with Crippen LogP contribution in [0.4, 0.5) is 0 Å². The first-order valence-corrected chi connectivity index (χ1v) is 7.62. The fraction of sp³-hybridized carbons (Fsp3) is 0.647. The van der Waals surface area contributed by atoms with E-state index in [1.165, 1.54) is 49.8 Å². The number of likely N-dealkylation sites (N-methyl/N-ethyl adjacent to an activating group) is 1. The van der Waals surface area contributed by atoms with Crippen LogP contribution in [0.2, 0.25) is 0 Å². The molecule has 19 heavy (non-hydrogen) atoms. The van der Waals surface area contributed by atoms with Gasteiger partial charge in [0.2, 0.25) is 0 Å². The van der Waals surface area contributed by atoms with E-state index in [1.54, 1.807) is 0 Å². The minimum atomic E-state index is 0.751. The molecule has 1 fully saturated rings. The molecule has 1 N–H and O–H groups in total. The summed E-state index contributed by atoms with van der Waals surface area (Å²) in [7, 11) is 4.38. The van der Waals surface area contributed by atoms with Crippen molar-refractivity contribution in [1.29, 1.82) is 0 Å². The third kappa shape index (κ3) is 4.32. The predicted octanol–water partition coefficient (Wildman–Crippen LogP) is 3.00. The molecule has 1 aliphatic carbocycles. The van der Waals surface area contributed by atoms with Gasteiger partial charge in [0.05, 0.1) is 0 Å². The van der Waals surface area contributed by atoms with Gasteiger partial charge in [-0.15, -0.1) is 0 Å². The van der Waals surface area contributed by atoms with E-state index in [4.69, 9.17) is 0 Å². The Bertz CT molecular complexity index is 381. The van der Waals surface area contributed by atoms with Crippen LogP contribution in [0.25, 0.3) is 0 Å². The Kier molecular flexibility index (Phi) is 5.41. The summed E-state index contributed by atoms with van der Waals surface area (Å²) in [6.07, 6.45) is 6.52. The molecule has 1 aliphatic rings. The lowest BCUT2D eigenvalue weighted by Crippen LogP contribution is -2.40. The van der Waals surface area contributed by atoms with Gasteiger partial charge in [0.25, 0.3) is 0 Å². The number of benzene rings is 1. The molecular weight excluding hydrogens is 232 g/mol. The van der Waals surface area contributed by atoms with Gasteiger partial charge in [-0.3, -0.25) is 0 Å². The minimum absolute atomic E-state index is 0.751. The maximum Gasteiger partial charge on any atom is 0.00934 e. The second-order valence-corrected chi connectivity index (χ2v) is 6.01. The fourth-order valence-electron chi connectivity index (χ4n) is 3.16. The highest BCUT2D eigenvalue weighted by Crippen LogP contribution is 2.22. The molecule has 0 unspecified atom stereocenters. The van der Waals surface area contributed by atoms with E-state index in [0.717, 1.165) is 12.1 Å². The highest BCUT2D eigenvalue weighted by atomic mass is 15.1. The van der Waals surface area contributed by atoms with Gasteiger partial charge in [-0.25, -0.2) is 0 Å². The molecule has 0 saturated heterocycles. The molecule has 106 valence electrons. The Labute approximate surface area is 118 Å². The molecule has 1 aromatic carbocycles. The molecule has 0 aliphatic heterocycles. The van der Waals surface area contributed by atoms with Crippen molar-refractivity contribution in [2.75, 3.05) is 20.6 Å². The van der Waals surface area contributed by atoms with Gasteiger partial charge < -0.3 is 10.2 Å². The number of aryl methyl sites for hydroxylation is 1. The lowest BCUT2D eigenvalue weighted by molar-refractivity contribution is 0.178. The van der Waals surface area contributed by atoms with E-state index < -0.39 is 0 Å². The summed E-state index contributed by atoms with van der Waals surface area (Å²) < 4.78 is 0. The zero-order valence-electron chi connectivity index (χ0n) is 12.7. The van der Waals surface area contributed by atoms with Crippen LogP contribution in [0.3, 0.4) is 0 Å². The second kappa shape index (κ2) is 7.06. The van der Waals surface area contributed by atoms with Crippen molar-refractivity contribution >= 4 is 0 Å². The summed E-state index contributed by atoms with van der Waals surface area (Å²) in [5.41, 5.74) is 2.84. The Morgan fingerprint density at radius 2 is 1.95 bits per heavy atom. The van der Waals surface area contributed by atoms with Crippen LogP contribution in [0, 0.1) is 6.92 Å².